The minimum atomic E-state index is -0.531. The summed E-state index contributed by atoms with van der Waals surface area (Å²) in [5.41, 5.74) is 8.95. The fourth-order valence-corrected chi connectivity index (χ4v) is 4.03. The van der Waals surface area contributed by atoms with Crippen LogP contribution in [0.1, 0.15) is 47.7 Å². The van der Waals surface area contributed by atoms with Crippen molar-refractivity contribution in [2.75, 3.05) is 0 Å². The number of aromatic nitrogens is 1. The number of carbonyl (C=O) groups excluding carboxylic acids is 1. The number of nitrogens with zero attached hydrogens (tertiary/aromatic N) is 1. The lowest BCUT2D eigenvalue weighted by atomic mass is 10.0. The van der Waals surface area contributed by atoms with Crippen molar-refractivity contribution in [2.24, 2.45) is 5.73 Å². The van der Waals surface area contributed by atoms with Gasteiger partial charge in [-0.3, -0.25) is 4.79 Å². The van der Waals surface area contributed by atoms with Crippen molar-refractivity contribution in [3.63, 3.8) is 0 Å². The van der Waals surface area contributed by atoms with Crippen LogP contribution in [0.15, 0.2) is 48.5 Å². The lowest BCUT2D eigenvalue weighted by Gasteiger charge is -2.10. The van der Waals surface area contributed by atoms with E-state index in [0.29, 0.717) is 10.9 Å². The molecule has 3 aromatic carbocycles. The summed E-state index contributed by atoms with van der Waals surface area (Å²) in [5.74, 6) is -1.49. The lowest BCUT2D eigenvalue weighted by molar-refractivity contribution is 0.100. The molecule has 0 fully saturated rings. The van der Waals surface area contributed by atoms with E-state index < -0.39 is 17.5 Å². The Bertz CT molecular complexity index is 1240. The van der Waals surface area contributed by atoms with E-state index in [9.17, 15) is 13.6 Å². The summed E-state index contributed by atoms with van der Waals surface area (Å²) in [6, 6.07) is 16.1. The number of rotatable bonds is 7. The zero-order chi connectivity index (χ0) is 21.3. The summed E-state index contributed by atoms with van der Waals surface area (Å²) in [4.78, 5) is 12.1. The van der Waals surface area contributed by atoms with Crippen molar-refractivity contribution in [2.45, 2.75) is 39.2 Å². The van der Waals surface area contributed by atoms with Gasteiger partial charge in [0.1, 0.15) is 11.6 Å². The Morgan fingerprint density at radius 1 is 1.10 bits per heavy atom. The number of amides is 1. The SMILES string of the molecule is CCCCCc1c[c]c2c3c(C(N)=O)cccc3n(Cc3cc(F)ccc3F)c2c1. The van der Waals surface area contributed by atoms with Gasteiger partial charge in [-0.2, -0.15) is 0 Å². The topological polar surface area (TPSA) is 48.0 Å². The molecule has 0 saturated heterocycles. The average molecular weight is 405 g/mol. The third-order valence-corrected chi connectivity index (χ3v) is 5.52. The highest BCUT2D eigenvalue weighted by Crippen LogP contribution is 2.33. The molecule has 0 saturated carbocycles. The standard InChI is InChI=1S/C25H23F2N2O/c1-2-3-4-6-16-9-11-19-23(13-16)29(15-17-14-18(26)10-12-21(17)27)22-8-5-7-20(24(19)22)25(28)30/h5,7-10,12-14H,2-4,6,15H2,1H3,(H2,28,30). The molecule has 3 nitrogen and oxygen atoms in total. The number of halogens is 2. The minimum absolute atomic E-state index is 0.137. The predicted molar refractivity (Wildman–Crippen MR) is 115 cm³/mol. The number of primary amides is 1. The van der Waals surface area contributed by atoms with E-state index in [1.165, 1.54) is 6.07 Å². The quantitative estimate of drug-likeness (QED) is 0.391. The summed E-state index contributed by atoms with van der Waals surface area (Å²) in [6.45, 7) is 2.30. The van der Waals surface area contributed by atoms with Crippen LogP contribution in [0.2, 0.25) is 0 Å². The van der Waals surface area contributed by atoms with Gasteiger partial charge in [-0.15, -0.1) is 0 Å². The molecule has 0 unspecified atom stereocenters. The molecule has 0 aliphatic rings. The largest absolute Gasteiger partial charge is 0.366 e. The third kappa shape index (κ3) is 3.67. The van der Waals surface area contributed by atoms with Crippen LogP contribution < -0.4 is 5.73 Å². The normalized spacial score (nSPS) is 11.4. The highest BCUT2D eigenvalue weighted by Gasteiger charge is 2.18. The molecule has 0 bridgehead atoms. The molecule has 30 heavy (non-hydrogen) atoms. The molecule has 0 aliphatic carbocycles. The fourth-order valence-electron chi connectivity index (χ4n) is 4.03. The maximum absolute atomic E-state index is 14.4. The van der Waals surface area contributed by atoms with E-state index in [2.05, 4.69) is 19.1 Å². The molecule has 0 aliphatic heterocycles. The van der Waals surface area contributed by atoms with Crippen molar-refractivity contribution in [1.29, 1.82) is 0 Å². The van der Waals surface area contributed by atoms with Crippen LogP contribution in [-0.4, -0.2) is 10.5 Å². The molecule has 1 aromatic heterocycles. The van der Waals surface area contributed by atoms with Crippen molar-refractivity contribution in [3.8, 4) is 0 Å². The molecule has 4 rings (SSSR count). The number of aryl methyl sites for hydroxylation is 1. The molecule has 153 valence electrons. The molecular weight excluding hydrogens is 382 g/mol. The number of hydrogen-bond donors (Lipinski definition) is 1. The zero-order valence-corrected chi connectivity index (χ0v) is 16.8. The summed E-state index contributed by atoms with van der Waals surface area (Å²) in [6.07, 6.45) is 4.26. The van der Waals surface area contributed by atoms with Crippen LogP contribution in [-0.2, 0) is 13.0 Å². The van der Waals surface area contributed by atoms with Gasteiger partial charge in [-0.1, -0.05) is 31.9 Å². The molecule has 0 spiro atoms. The lowest BCUT2D eigenvalue weighted by Crippen LogP contribution is -2.11. The zero-order valence-electron chi connectivity index (χ0n) is 16.8. The molecule has 4 aromatic rings. The number of unbranched alkanes of at least 4 members (excludes halogenated alkanes) is 2. The van der Waals surface area contributed by atoms with Crippen LogP contribution in [0, 0.1) is 17.7 Å². The van der Waals surface area contributed by atoms with Crippen molar-refractivity contribution in [1.82, 2.24) is 4.57 Å². The Kier molecular flexibility index (Phi) is 5.53. The highest BCUT2D eigenvalue weighted by molar-refractivity contribution is 6.17. The number of nitrogens with two attached hydrogens (primary N) is 1. The van der Waals surface area contributed by atoms with Crippen molar-refractivity contribution >= 4 is 27.7 Å². The Hall–Kier alpha value is -3.21. The first kappa shape index (κ1) is 20.1. The van der Waals surface area contributed by atoms with E-state index in [4.69, 9.17) is 5.73 Å². The van der Waals surface area contributed by atoms with Crippen LogP contribution in [0.4, 0.5) is 8.78 Å². The van der Waals surface area contributed by atoms with E-state index in [1.807, 2.05) is 16.7 Å². The molecular formula is C25H23F2N2O. The van der Waals surface area contributed by atoms with Gasteiger partial charge in [0, 0.05) is 21.9 Å². The van der Waals surface area contributed by atoms with E-state index in [-0.39, 0.29) is 12.1 Å². The summed E-state index contributed by atoms with van der Waals surface area (Å²) >= 11 is 0. The second-order valence-corrected chi connectivity index (χ2v) is 7.61. The van der Waals surface area contributed by atoms with Gasteiger partial charge in [0.25, 0.3) is 0 Å². The first-order valence-corrected chi connectivity index (χ1v) is 10.2. The molecule has 5 heteroatoms. The maximum Gasteiger partial charge on any atom is 0.249 e. The first-order valence-electron chi connectivity index (χ1n) is 10.2. The van der Waals surface area contributed by atoms with Crippen molar-refractivity contribution in [3.05, 3.63) is 82.9 Å². The van der Waals surface area contributed by atoms with Crippen LogP contribution >= 0.6 is 0 Å². The van der Waals surface area contributed by atoms with Crippen LogP contribution in [0.5, 0.6) is 0 Å². The summed E-state index contributed by atoms with van der Waals surface area (Å²) in [5, 5.41) is 1.45. The van der Waals surface area contributed by atoms with Gasteiger partial charge in [-0.05, 0) is 60.9 Å². The van der Waals surface area contributed by atoms with Gasteiger partial charge >= 0.3 is 0 Å². The minimum Gasteiger partial charge on any atom is -0.366 e. The van der Waals surface area contributed by atoms with Gasteiger partial charge in [-0.25, -0.2) is 8.78 Å². The number of fused-ring (bicyclic) bond motifs is 3. The summed E-state index contributed by atoms with van der Waals surface area (Å²) in [7, 11) is 0. The maximum atomic E-state index is 14.4. The van der Waals surface area contributed by atoms with Gasteiger partial charge in [0.15, 0.2) is 0 Å². The van der Waals surface area contributed by atoms with Crippen molar-refractivity contribution < 1.29 is 13.6 Å². The van der Waals surface area contributed by atoms with E-state index >= 15 is 0 Å². The van der Waals surface area contributed by atoms with E-state index in [1.54, 1.807) is 12.1 Å². The fraction of sp³-hybridized carbons (Fsp3) is 0.240. The molecule has 0 atom stereocenters. The third-order valence-electron chi connectivity index (χ3n) is 5.52. The van der Waals surface area contributed by atoms with E-state index in [0.717, 1.165) is 59.8 Å². The Morgan fingerprint density at radius 3 is 2.70 bits per heavy atom. The highest BCUT2D eigenvalue weighted by atomic mass is 19.1. The second kappa shape index (κ2) is 8.27. The Labute approximate surface area is 174 Å². The monoisotopic (exact) mass is 405 g/mol. The number of benzene rings is 3. The number of hydrogen-bond acceptors (Lipinski definition) is 1. The molecule has 1 amide bonds. The van der Waals surface area contributed by atoms with Crippen LogP contribution in [0.25, 0.3) is 21.8 Å². The van der Waals surface area contributed by atoms with Crippen LogP contribution in [0.3, 0.4) is 0 Å². The van der Waals surface area contributed by atoms with Gasteiger partial charge < -0.3 is 10.3 Å². The molecule has 1 heterocycles. The van der Waals surface area contributed by atoms with Gasteiger partial charge in [0.05, 0.1) is 17.6 Å². The first-order chi connectivity index (χ1) is 14.5. The smallest absolute Gasteiger partial charge is 0.249 e. The predicted octanol–water partition coefficient (Wildman–Crippen LogP) is 5.75. The average Bonchev–Trinajstić information content (AvgIpc) is 3.04. The Balaban J connectivity index is 1.94. The molecule has 1 radical (unpaired) electrons. The van der Waals surface area contributed by atoms with Gasteiger partial charge in [0.2, 0.25) is 5.91 Å². The number of carbonyl (C=O) groups is 1. The molecule has 2 N–H and O–H groups in total. The summed E-state index contributed by atoms with van der Waals surface area (Å²) < 4.78 is 30.1. The Morgan fingerprint density at radius 2 is 1.93 bits per heavy atom. The second-order valence-electron chi connectivity index (χ2n) is 7.61.